The second kappa shape index (κ2) is 6.89. The third-order valence-electron chi connectivity index (χ3n) is 3.90. The Labute approximate surface area is 127 Å². The van der Waals surface area contributed by atoms with Crippen LogP contribution in [0.4, 0.5) is 17.8 Å². The number of piperidine rings is 1. The minimum absolute atomic E-state index is 0.420. The molecular formula is C14H27N7. The standard InChI is InChI=1S/C14H27N7/c1-6-15-12-17-13(19-14(18-12)20(3)4)16-11-7-8-21(5)10(2)9-11/h10-11H,6-9H2,1-5H3,(H2,15,16,17,18,19). The van der Waals surface area contributed by atoms with Crippen molar-refractivity contribution >= 4 is 17.8 Å². The van der Waals surface area contributed by atoms with Crippen molar-refractivity contribution in [3.8, 4) is 0 Å². The molecule has 0 aliphatic carbocycles. The van der Waals surface area contributed by atoms with Gasteiger partial charge in [0, 0.05) is 39.3 Å². The van der Waals surface area contributed by atoms with E-state index in [9.17, 15) is 0 Å². The molecule has 1 aromatic rings. The molecule has 2 atom stereocenters. The van der Waals surface area contributed by atoms with E-state index in [2.05, 4.69) is 44.5 Å². The van der Waals surface area contributed by atoms with Gasteiger partial charge in [-0.2, -0.15) is 15.0 Å². The maximum Gasteiger partial charge on any atom is 0.231 e. The SMILES string of the molecule is CCNc1nc(NC2CCN(C)C(C)C2)nc(N(C)C)n1. The first-order valence-electron chi connectivity index (χ1n) is 7.63. The molecular weight excluding hydrogens is 266 g/mol. The van der Waals surface area contributed by atoms with Gasteiger partial charge in [-0.05, 0) is 33.7 Å². The van der Waals surface area contributed by atoms with E-state index in [0.29, 0.717) is 29.9 Å². The lowest BCUT2D eigenvalue weighted by Gasteiger charge is -2.35. The molecule has 1 fully saturated rings. The van der Waals surface area contributed by atoms with Gasteiger partial charge in [-0.1, -0.05) is 0 Å². The van der Waals surface area contributed by atoms with E-state index < -0.39 is 0 Å². The normalized spacial score (nSPS) is 22.9. The van der Waals surface area contributed by atoms with Crippen molar-refractivity contribution in [1.82, 2.24) is 19.9 Å². The molecule has 0 saturated carbocycles. The Hall–Kier alpha value is -1.63. The zero-order valence-corrected chi connectivity index (χ0v) is 13.7. The highest BCUT2D eigenvalue weighted by molar-refractivity contribution is 5.43. The quantitative estimate of drug-likeness (QED) is 0.847. The monoisotopic (exact) mass is 293 g/mol. The van der Waals surface area contributed by atoms with Crippen LogP contribution in [-0.2, 0) is 0 Å². The van der Waals surface area contributed by atoms with Crippen molar-refractivity contribution in [2.24, 2.45) is 0 Å². The van der Waals surface area contributed by atoms with Gasteiger partial charge in [0.1, 0.15) is 0 Å². The highest BCUT2D eigenvalue weighted by atomic mass is 15.3. The predicted molar refractivity (Wildman–Crippen MR) is 87.1 cm³/mol. The summed E-state index contributed by atoms with van der Waals surface area (Å²) in [4.78, 5) is 17.6. The van der Waals surface area contributed by atoms with Crippen LogP contribution in [0.2, 0.25) is 0 Å². The molecule has 0 amide bonds. The third-order valence-corrected chi connectivity index (χ3v) is 3.90. The van der Waals surface area contributed by atoms with Crippen molar-refractivity contribution in [3.63, 3.8) is 0 Å². The molecule has 118 valence electrons. The molecule has 2 rings (SSSR count). The van der Waals surface area contributed by atoms with E-state index in [1.807, 2.05) is 25.9 Å². The number of aromatic nitrogens is 3. The molecule has 1 aliphatic heterocycles. The first kappa shape index (κ1) is 15.8. The number of rotatable bonds is 5. The third kappa shape index (κ3) is 4.17. The number of anilines is 3. The van der Waals surface area contributed by atoms with Gasteiger partial charge < -0.3 is 20.4 Å². The minimum Gasteiger partial charge on any atom is -0.354 e. The van der Waals surface area contributed by atoms with Gasteiger partial charge in [0.25, 0.3) is 0 Å². The minimum atomic E-state index is 0.420. The Morgan fingerprint density at radius 1 is 1.24 bits per heavy atom. The number of hydrogen-bond donors (Lipinski definition) is 2. The summed E-state index contributed by atoms with van der Waals surface area (Å²) in [6, 6.07) is 1.00. The van der Waals surface area contributed by atoms with Crippen LogP contribution in [-0.4, -0.2) is 66.2 Å². The molecule has 0 bridgehead atoms. The van der Waals surface area contributed by atoms with E-state index in [1.54, 1.807) is 0 Å². The first-order chi connectivity index (χ1) is 9.99. The summed E-state index contributed by atoms with van der Waals surface area (Å²) in [5.74, 6) is 1.95. The molecule has 7 nitrogen and oxygen atoms in total. The summed E-state index contributed by atoms with van der Waals surface area (Å²) < 4.78 is 0. The van der Waals surface area contributed by atoms with Crippen LogP contribution in [0.25, 0.3) is 0 Å². The Morgan fingerprint density at radius 2 is 1.95 bits per heavy atom. The lowest BCUT2D eigenvalue weighted by molar-refractivity contribution is 0.190. The van der Waals surface area contributed by atoms with Crippen molar-refractivity contribution in [3.05, 3.63) is 0 Å². The maximum absolute atomic E-state index is 4.49. The van der Waals surface area contributed by atoms with Gasteiger partial charge in [0.05, 0.1) is 0 Å². The summed E-state index contributed by atoms with van der Waals surface area (Å²) in [7, 11) is 6.05. The van der Waals surface area contributed by atoms with E-state index in [0.717, 1.165) is 25.9 Å². The summed E-state index contributed by atoms with van der Waals surface area (Å²) in [5.41, 5.74) is 0. The smallest absolute Gasteiger partial charge is 0.231 e. The van der Waals surface area contributed by atoms with Crippen molar-refractivity contribution in [2.75, 3.05) is 49.8 Å². The largest absolute Gasteiger partial charge is 0.354 e. The summed E-state index contributed by atoms with van der Waals surface area (Å²) in [6.45, 7) is 6.19. The van der Waals surface area contributed by atoms with Crippen molar-refractivity contribution in [1.29, 1.82) is 0 Å². The van der Waals surface area contributed by atoms with Crippen LogP contribution in [0.5, 0.6) is 0 Å². The van der Waals surface area contributed by atoms with E-state index in [1.165, 1.54) is 0 Å². The summed E-state index contributed by atoms with van der Waals surface area (Å²) >= 11 is 0. The zero-order chi connectivity index (χ0) is 15.4. The molecule has 21 heavy (non-hydrogen) atoms. The van der Waals surface area contributed by atoms with Crippen LogP contribution in [0, 0.1) is 0 Å². The Balaban J connectivity index is 2.11. The highest BCUT2D eigenvalue weighted by Crippen LogP contribution is 2.19. The fourth-order valence-electron chi connectivity index (χ4n) is 2.47. The van der Waals surface area contributed by atoms with Gasteiger partial charge in [-0.15, -0.1) is 0 Å². The number of hydrogen-bond acceptors (Lipinski definition) is 7. The lowest BCUT2D eigenvalue weighted by Crippen LogP contribution is -2.42. The Kier molecular flexibility index (Phi) is 5.17. The summed E-state index contributed by atoms with van der Waals surface area (Å²) in [6.07, 6.45) is 2.22. The Morgan fingerprint density at radius 3 is 2.57 bits per heavy atom. The van der Waals surface area contributed by atoms with Crippen molar-refractivity contribution < 1.29 is 0 Å². The van der Waals surface area contributed by atoms with Gasteiger partial charge >= 0.3 is 0 Å². The van der Waals surface area contributed by atoms with E-state index >= 15 is 0 Å². The maximum atomic E-state index is 4.49. The number of nitrogens with zero attached hydrogens (tertiary/aromatic N) is 5. The van der Waals surface area contributed by atoms with Crippen LogP contribution in [0.15, 0.2) is 0 Å². The average Bonchev–Trinajstić information content (AvgIpc) is 2.43. The topological polar surface area (TPSA) is 69.2 Å². The second-order valence-corrected chi connectivity index (χ2v) is 5.90. The molecule has 2 unspecified atom stereocenters. The zero-order valence-electron chi connectivity index (χ0n) is 13.7. The van der Waals surface area contributed by atoms with E-state index in [4.69, 9.17) is 0 Å². The van der Waals surface area contributed by atoms with Crippen LogP contribution >= 0.6 is 0 Å². The molecule has 7 heteroatoms. The fraction of sp³-hybridized carbons (Fsp3) is 0.786. The molecule has 0 spiro atoms. The molecule has 1 saturated heterocycles. The summed E-state index contributed by atoms with van der Waals surface area (Å²) in [5, 5.41) is 6.63. The predicted octanol–water partition coefficient (Wildman–Crippen LogP) is 1.26. The van der Waals surface area contributed by atoms with Crippen LogP contribution in [0.3, 0.4) is 0 Å². The first-order valence-corrected chi connectivity index (χ1v) is 7.63. The highest BCUT2D eigenvalue weighted by Gasteiger charge is 2.23. The number of nitrogens with one attached hydrogen (secondary N) is 2. The fourth-order valence-corrected chi connectivity index (χ4v) is 2.47. The van der Waals surface area contributed by atoms with Crippen molar-refractivity contribution in [2.45, 2.75) is 38.8 Å². The molecule has 0 aromatic carbocycles. The molecule has 1 aliphatic rings. The van der Waals surface area contributed by atoms with Gasteiger partial charge in [0.15, 0.2) is 0 Å². The average molecular weight is 293 g/mol. The second-order valence-electron chi connectivity index (χ2n) is 5.90. The van der Waals surface area contributed by atoms with Crippen LogP contribution < -0.4 is 15.5 Å². The Bertz CT molecular complexity index is 463. The number of likely N-dealkylation sites (tertiary alicyclic amines) is 1. The lowest BCUT2D eigenvalue weighted by atomic mass is 9.99. The molecule has 2 heterocycles. The van der Waals surface area contributed by atoms with Gasteiger partial charge in [-0.3, -0.25) is 0 Å². The molecule has 2 N–H and O–H groups in total. The van der Waals surface area contributed by atoms with Gasteiger partial charge in [-0.25, -0.2) is 0 Å². The van der Waals surface area contributed by atoms with Crippen LogP contribution in [0.1, 0.15) is 26.7 Å². The van der Waals surface area contributed by atoms with Gasteiger partial charge in [0.2, 0.25) is 17.8 Å². The van der Waals surface area contributed by atoms with E-state index in [-0.39, 0.29) is 0 Å². The molecule has 1 aromatic heterocycles. The molecule has 0 radical (unpaired) electrons.